The monoisotopic (exact) mass is 343 g/mol. The van der Waals surface area contributed by atoms with Crippen LogP contribution in [0, 0.1) is 0 Å². The highest BCUT2D eigenvalue weighted by molar-refractivity contribution is 5.92. The van der Waals surface area contributed by atoms with Crippen molar-refractivity contribution in [2.45, 2.75) is 19.6 Å². The molecule has 2 aromatic rings. The molecule has 1 aromatic heterocycles. The Bertz CT molecular complexity index is 828. The molecule has 0 amide bonds. The maximum Gasteiger partial charge on any atom is 0.416 e. The van der Waals surface area contributed by atoms with Gasteiger partial charge in [-0.15, -0.1) is 0 Å². The van der Waals surface area contributed by atoms with Gasteiger partial charge in [-0.2, -0.15) is 18.3 Å². The van der Waals surface area contributed by atoms with Gasteiger partial charge in [0.25, 0.3) is 5.56 Å². The number of rotatable bonds is 4. The fourth-order valence-electron chi connectivity index (χ4n) is 2.21. The fourth-order valence-corrected chi connectivity index (χ4v) is 2.21. The van der Waals surface area contributed by atoms with E-state index in [1.54, 1.807) is 21.0 Å². The number of alkyl halides is 3. The summed E-state index contributed by atoms with van der Waals surface area (Å²) >= 11 is 0. The predicted octanol–water partition coefficient (Wildman–Crippen LogP) is 2.04. The van der Waals surface area contributed by atoms with Crippen LogP contribution in [0.5, 0.6) is 0 Å². The molecule has 0 fully saturated rings. The molecule has 0 bridgehead atoms. The van der Waals surface area contributed by atoms with Crippen LogP contribution in [0.3, 0.4) is 0 Å². The lowest BCUT2D eigenvalue weighted by Crippen LogP contribution is -2.30. The van der Waals surface area contributed by atoms with E-state index in [4.69, 9.17) is 4.74 Å². The van der Waals surface area contributed by atoms with Crippen LogP contribution in [0.4, 0.5) is 19.0 Å². The molecule has 0 aliphatic rings. The Kier molecular flexibility index (Phi) is 4.81. The smallest absolute Gasteiger partial charge is 0.416 e. The molecule has 0 aliphatic carbocycles. The number of ether oxygens (including phenoxy) is 1. The van der Waals surface area contributed by atoms with Crippen molar-refractivity contribution in [2.24, 2.45) is 0 Å². The number of anilines is 1. The van der Waals surface area contributed by atoms with Crippen molar-refractivity contribution in [3.8, 4) is 0 Å². The number of aromatic nitrogens is 2. The minimum atomic E-state index is -4.53. The zero-order valence-corrected chi connectivity index (χ0v) is 13.3. The topological polar surface area (TPSA) is 64.4 Å². The number of benzene rings is 1. The standard InChI is InChI=1S/C15H16F3N3O3/c1-4-24-12(22)8-21-14(23)10-6-5-9(15(16,17)18)7-11(10)13(19-21)20(2)3/h5-7H,4,8H2,1-3H3. The molecule has 2 rings (SSSR count). The van der Waals surface area contributed by atoms with Gasteiger partial charge in [-0.25, -0.2) is 4.68 Å². The molecule has 0 atom stereocenters. The molecule has 130 valence electrons. The molecule has 0 spiro atoms. The number of esters is 1. The zero-order chi connectivity index (χ0) is 18.1. The van der Waals surface area contributed by atoms with Crippen LogP contribution in [-0.2, 0) is 22.3 Å². The Hall–Kier alpha value is -2.58. The van der Waals surface area contributed by atoms with E-state index in [0.717, 1.165) is 22.9 Å². The summed E-state index contributed by atoms with van der Waals surface area (Å²) in [6.07, 6.45) is -4.53. The third kappa shape index (κ3) is 3.50. The summed E-state index contributed by atoms with van der Waals surface area (Å²) in [7, 11) is 3.17. The highest BCUT2D eigenvalue weighted by Crippen LogP contribution is 2.32. The normalized spacial score (nSPS) is 11.6. The number of hydrogen-bond acceptors (Lipinski definition) is 5. The van der Waals surface area contributed by atoms with Crippen LogP contribution in [-0.4, -0.2) is 36.5 Å². The maximum absolute atomic E-state index is 12.9. The predicted molar refractivity (Wildman–Crippen MR) is 82.0 cm³/mol. The summed E-state index contributed by atoms with van der Waals surface area (Å²) in [6.45, 7) is 1.36. The van der Waals surface area contributed by atoms with Crippen molar-refractivity contribution in [3.63, 3.8) is 0 Å². The third-order valence-corrected chi connectivity index (χ3v) is 3.28. The van der Waals surface area contributed by atoms with Crippen LogP contribution in [0.25, 0.3) is 10.8 Å². The molecule has 0 unspecified atom stereocenters. The van der Waals surface area contributed by atoms with Gasteiger partial charge in [-0.1, -0.05) is 0 Å². The van der Waals surface area contributed by atoms with Crippen LogP contribution in [0.15, 0.2) is 23.0 Å². The van der Waals surface area contributed by atoms with Gasteiger partial charge in [0.05, 0.1) is 17.6 Å². The summed E-state index contributed by atoms with van der Waals surface area (Å²) in [5.74, 6) is -0.497. The molecule has 1 aromatic carbocycles. The largest absolute Gasteiger partial charge is 0.465 e. The van der Waals surface area contributed by atoms with Crippen molar-refractivity contribution < 1.29 is 22.7 Å². The molecule has 0 saturated heterocycles. The summed E-state index contributed by atoms with van der Waals surface area (Å²) < 4.78 is 44.4. The van der Waals surface area contributed by atoms with Crippen LogP contribution >= 0.6 is 0 Å². The Morgan fingerprint density at radius 3 is 2.50 bits per heavy atom. The van der Waals surface area contributed by atoms with Gasteiger partial charge in [0, 0.05) is 19.5 Å². The molecule has 0 N–H and O–H groups in total. The van der Waals surface area contributed by atoms with Crippen LogP contribution in [0.2, 0.25) is 0 Å². The van der Waals surface area contributed by atoms with Crippen LogP contribution in [0.1, 0.15) is 12.5 Å². The van der Waals surface area contributed by atoms with Crippen molar-refractivity contribution in [1.29, 1.82) is 0 Å². The van der Waals surface area contributed by atoms with Crippen molar-refractivity contribution in [3.05, 3.63) is 34.1 Å². The first kappa shape index (κ1) is 17.8. The zero-order valence-electron chi connectivity index (χ0n) is 13.3. The van der Waals surface area contributed by atoms with E-state index >= 15 is 0 Å². The number of nitrogens with zero attached hydrogens (tertiary/aromatic N) is 3. The highest BCUT2D eigenvalue weighted by Gasteiger charge is 2.31. The second-order valence-electron chi connectivity index (χ2n) is 5.24. The molecule has 0 aliphatic heterocycles. The average Bonchev–Trinajstić information content (AvgIpc) is 2.48. The second-order valence-corrected chi connectivity index (χ2v) is 5.24. The van der Waals surface area contributed by atoms with E-state index < -0.39 is 29.8 Å². The van der Waals surface area contributed by atoms with E-state index in [1.807, 2.05) is 0 Å². The molecule has 6 nitrogen and oxygen atoms in total. The maximum atomic E-state index is 12.9. The molecular formula is C15H16F3N3O3. The van der Waals surface area contributed by atoms with Crippen molar-refractivity contribution >= 4 is 22.6 Å². The van der Waals surface area contributed by atoms with E-state index in [1.165, 1.54) is 4.90 Å². The van der Waals surface area contributed by atoms with Gasteiger partial charge in [0.2, 0.25) is 0 Å². The number of carbonyl (C=O) groups excluding carboxylic acids is 1. The minimum absolute atomic E-state index is 0.0472. The van der Waals surface area contributed by atoms with Crippen LogP contribution < -0.4 is 10.5 Å². The Labute approximate surface area is 135 Å². The van der Waals surface area contributed by atoms with E-state index in [-0.39, 0.29) is 23.2 Å². The number of hydrogen-bond donors (Lipinski definition) is 0. The summed E-state index contributed by atoms with van der Waals surface area (Å²) in [6, 6.07) is 2.81. The highest BCUT2D eigenvalue weighted by atomic mass is 19.4. The summed E-state index contributed by atoms with van der Waals surface area (Å²) in [4.78, 5) is 25.5. The van der Waals surface area contributed by atoms with Crippen molar-refractivity contribution in [1.82, 2.24) is 9.78 Å². The van der Waals surface area contributed by atoms with Gasteiger partial charge in [0.15, 0.2) is 5.82 Å². The van der Waals surface area contributed by atoms with E-state index in [9.17, 15) is 22.8 Å². The molecule has 9 heteroatoms. The minimum Gasteiger partial charge on any atom is -0.465 e. The van der Waals surface area contributed by atoms with Gasteiger partial charge in [-0.05, 0) is 25.1 Å². The van der Waals surface area contributed by atoms with E-state index in [2.05, 4.69) is 5.10 Å². The average molecular weight is 343 g/mol. The molecule has 24 heavy (non-hydrogen) atoms. The number of carbonyl (C=O) groups is 1. The summed E-state index contributed by atoms with van der Waals surface area (Å²) in [5.41, 5.74) is -1.53. The van der Waals surface area contributed by atoms with Gasteiger partial charge in [-0.3, -0.25) is 9.59 Å². The molecule has 0 radical (unpaired) electrons. The molecule has 1 heterocycles. The number of fused-ring (bicyclic) bond motifs is 1. The van der Waals surface area contributed by atoms with Crippen molar-refractivity contribution in [2.75, 3.05) is 25.6 Å². The Morgan fingerprint density at radius 2 is 1.96 bits per heavy atom. The first-order valence-electron chi connectivity index (χ1n) is 7.10. The Morgan fingerprint density at radius 1 is 1.29 bits per heavy atom. The van der Waals surface area contributed by atoms with E-state index in [0.29, 0.717) is 0 Å². The summed E-state index contributed by atoms with van der Waals surface area (Å²) in [5, 5.41) is 4.12. The lowest BCUT2D eigenvalue weighted by atomic mass is 10.1. The SMILES string of the molecule is CCOC(=O)Cn1nc(N(C)C)c2cc(C(F)(F)F)ccc2c1=O. The fraction of sp³-hybridized carbons (Fsp3) is 0.400. The lowest BCUT2D eigenvalue weighted by molar-refractivity contribution is -0.144. The molecular weight excluding hydrogens is 327 g/mol. The Balaban J connectivity index is 2.68. The first-order chi connectivity index (χ1) is 11.1. The third-order valence-electron chi connectivity index (χ3n) is 3.28. The van der Waals surface area contributed by atoms with Gasteiger partial charge >= 0.3 is 12.1 Å². The second kappa shape index (κ2) is 6.50. The van der Waals surface area contributed by atoms with Gasteiger partial charge in [0.1, 0.15) is 6.54 Å². The quantitative estimate of drug-likeness (QED) is 0.795. The molecule has 0 saturated carbocycles. The lowest BCUT2D eigenvalue weighted by Gasteiger charge is -2.17. The first-order valence-corrected chi connectivity index (χ1v) is 7.10. The van der Waals surface area contributed by atoms with Gasteiger partial charge < -0.3 is 9.64 Å². The number of halogens is 3.